The van der Waals surface area contributed by atoms with Crippen molar-refractivity contribution in [1.82, 2.24) is 10.2 Å². The molecule has 1 heterocycles. The maximum atomic E-state index is 13.1. The summed E-state index contributed by atoms with van der Waals surface area (Å²) >= 11 is 1.54. The van der Waals surface area contributed by atoms with E-state index in [1.54, 1.807) is 6.92 Å². The fourth-order valence-corrected chi connectivity index (χ4v) is 5.10. The van der Waals surface area contributed by atoms with Gasteiger partial charge in [-0.15, -0.1) is 11.8 Å². The molecule has 170 valence electrons. The van der Waals surface area contributed by atoms with E-state index in [9.17, 15) is 19.5 Å². The molecular weight excluding hydrogens is 428 g/mol. The lowest BCUT2D eigenvalue weighted by atomic mass is 9.95. The number of rotatable bonds is 10. The Hall–Kier alpha value is -2.84. The van der Waals surface area contributed by atoms with Crippen LogP contribution in [0.5, 0.6) is 0 Å². The number of thioether (sulfide) groups is 1. The highest BCUT2D eigenvalue weighted by Crippen LogP contribution is 2.37. The lowest BCUT2D eigenvalue weighted by molar-refractivity contribution is -0.146. The molecule has 3 atom stereocenters. The zero-order chi connectivity index (χ0) is 22.9. The molecule has 1 saturated heterocycles. The molecule has 0 spiro atoms. The zero-order valence-electron chi connectivity index (χ0n) is 18.0. The number of esters is 1. The van der Waals surface area contributed by atoms with Crippen LogP contribution in [0, 0.1) is 0 Å². The minimum Gasteiger partial charge on any atom is -0.480 e. The normalized spacial score (nSPS) is 19.4. The first-order valence-electron chi connectivity index (χ1n) is 10.6. The average Bonchev–Trinajstić information content (AvgIpc) is 2.80. The molecule has 32 heavy (non-hydrogen) atoms. The second kappa shape index (κ2) is 11.7. The molecule has 1 aliphatic rings. The molecule has 0 aromatic heterocycles. The van der Waals surface area contributed by atoms with E-state index >= 15 is 0 Å². The van der Waals surface area contributed by atoms with Gasteiger partial charge >= 0.3 is 11.9 Å². The van der Waals surface area contributed by atoms with Crippen LogP contribution < -0.4 is 5.32 Å². The first-order chi connectivity index (χ1) is 15.5. The molecule has 2 aromatic rings. The van der Waals surface area contributed by atoms with Crippen molar-refractivity contribution < 1.29 is 24.2 Å². The Bertz CT molecular complexity index is 909. The average molecular weight is 457 g/mol. The monoisotopic (exact) mass is 456 g/mol. The standard InChI is InChI=1S/C24H28N2O5S/c1-2-31-24(30)19(17-9-5-3-6-10-17)13-14-25-20-16-32-23(18-11-7-4-8-12-18)26(22(20)29)15-21(27)28/h3-12,19-20,23,25H,2,13-16H2,1H3,(H,27,28). The van der Waals surface area contributed by atoms with Crippen LogP contribution in [-0.2, 0) is 19.1 Å². The van der Waals surface area contributed by atoms with Crippen molar-refractivity contribution in [3.8, 4) is 0 Å². The van der Waals surface area contributed by atoms with E-state index in [4.69, 9.17) is 4.74 Å². The molecule has 7 nitrogen and oxygen atoms in total. The number of amides is 1. The zero-order valence-corrected chi connectivity index (χ0v) is 18.8. The van der Waals surface area contributed by atoms with Gasteiger partial charge in [-0.3, -0.25) is 14.4 Å². The Morgan fingerprint density at radius 3 is 2.44 bits per heavy atom. The van der Waals surface area contributed by atoms with Crippen molar-refractivity contribution in [2.45, 2.75) is 30.7 Å². The summed E-state index contributed by atoms with van der Waals surface area (Å²) in [5.74, 6) is -1.49. The lowest BCUT2D eigenvalue weighted by Gasteiger charge is -2.38. The van der Waals surface area contributed by atoms with Crippen LogP contribution in [0.1, 0.15) is 35.8 Å². The summed E-state index contributed by atoms with van der Waals surface area (Å²) in [5, 5.41) is 12.2. The van der Waals surface area contributed by atoms with Gasteiger partial charge < -0.3 is 20.1 Å². The van der Waals surface area contributed by atoms with Crippen molar-refractivity contribution in [3.63, 3.8) is 0 Å². The van der Waals surface area contributed by atoms with Gasteiger partial charge in [0.15, 0.2) is 0 Å². The molecule has 0 saturated carbocycles. The Labute approximate surface area is 192 Å². The maximum absolute atomic E-state index is 13.1. The fraction of sp³-hybridized carbons (Fsp3) is 0.375. The van der Waals surface area contributed by atoms with Crippen molar-refractivity contribution in [3.05, 3.63) is 71.8 Å². The Kier molecular flexibility index (Phi) is 8.70. The van der Waals surface area contributed by atoms with E-state index in [1.807, 2.05) is 60.7 Å². The van der Waals surface area contributed by atoms with Crippen molar-refractivity contribution in [1.29, 1.82) is 0 Å². The van der Waals surface area contributed by atoms with E-state index in [0.29, 0.717) is 25.3 Å². The minimum atomic E-state index is -1.05. The number of carbonyl (C=O) groups excluding carboxylic acids is 2. The number of aliphatic carboxylic acids is 1. The Balaban J connectivity index is 1.66. The predicted molar refractivity (Wildman–Crippen MR) is 123 cm³/mol. The molecule has 2 aromatic carbocycles. The van der Waals surface area contributed by atoms with Crippen LogP contribution in [-0.4, -0.2) is 59.3 Å². The molecule has 8 heteroatoms. The highest BCUT2D eigenvalue weighted by molar-refractivity contribution is 7.99. The number of carbonyl (C=O) groups is 3. The van der Waals surface area contributed by atoms with Crippen LogP contribution in [0.4, 0.5) is 0 Å². The largest absolute Gasteiger partial charge is 0.480 e. The highest BCUT2D eigenvalue weighted by Gasteiger charge is 2.37. The molecule has 0 radical (unpaired) electrons. The molecule has 1 amide bonds. The van der Waals surface area contributed by atoms with Gasteiger partial charge in [0.05, 0.1) is 18.6 Å². The summed E-state index contributed by atoms with van der Waals surface area (Å²) in [6, 6.07) is 18.4. The van der Waals surface area contributed by atoms with Gasteiger partial charge in [-0.05, 0) is 31.0 Å². The number of hydrogen-bond donors (Lipinski definition) is 2. The van der Waals surface area contributed by atoms with Gasteiger partial charge in [-0.25, -0.2) is 0 Å². The van der Waals surface area contributed by atoms with E-state index in [1.165, 1.54) is 16.7 Å². The van der Waals surface area contributed by atoms with Crippen molar-refractivity contribution in [2.24, 2.45) is 0 Å². The van der Waals surface area contributed by atoms with E-state index < -0.39 is 17.9 Å². The van der Waals surface area contributed by atoms with Crippen LogP contribution in [0.3, 0.4) is 0 Å². The number of hydrogen-bond acceptors (Lipinski definition) is 6. The Morgan fingerprint density at radius 2 is 1.81 bits per heavy atom. The summed E-state index contributed by atoms with van der Waals surface area (Å²) < 4.78 is 5.23. The second-order valence-corrected chi connectivity index (χ2v) is 8.58. The molecular formula is C24H28N2O5S. The second-order valence-electron chi connectivity index (χ2n) is 7.47. The predicted octanol–water partition coefficient (Wildman–Crippen LogP) is 3.04. The highest BCUT2D eigenvalue weighted by atomic mass is 32.2. The van der Waals surface area contributed by atoms with Crippen LogP contribution in [0.25, 0.3) is 0 Å². The van der Waals surface area contributed by atoms with Gasteiger partial charge in [-0.2, -0.15) is 0 Å². The third kappa shape index (κ3) is 6.11. The first kappa shape index (κ1) is 23.8. The van der Waals surface area contributed by atoms with Crippen LogP contribution in [0.15, 0.2) is 60.7 Å². The summed E-state index contributed by atoms with van der Waals surface area (Å²) in [5.41, 5.74) is 1.77. The molecule has 2 N–H and O–H groups in total. The van der Waals surface area contributed by atoms with Gasteiger partial charge in [0.2, 0.25) is 5.91 Å². The van der Waals surface area contributed by atoms with Gasteiger partial charge in [0.1, 0.15) is 11.9 Å². The summed E-state index contributed by atoms with van der Waals surface area (Å²) in [6.45, 7) is 2.14. The molecule has 0 bridgehead atoms. The van der Waals surface area contributed by atoms with Crippen molar-refractivity contribution >= 4 is 29.6 Å². The number of benzene rings is 2. The Morgan fingerprint density at radius 1 is 1.16 bits per heavy atom. The molecule has 1 fully saturated rings. The quantitative estimate of drug-likeness (QED) is 0.531. The summed E-state index contributed by atoms with van der Waals surface area (Å²) in [4.78, 5) is 38.4. The van der Waals surface area contributed by atoms with Gasteiger partial charge in [0, 0.05) is 5.75 Å². The molecule has 0 aliphatic carbocycles. The third-order valence-corrected chi connectivity index (χ3v) is 6.64. The van der Waals surface area contributed by atoms with Crippen LogP contribution >= 0.6 is 11.8 Å². The number of ether oxygens (including phenoxy) is 1. The minimum absolute atomic E-state index is 0.243. The van der Waals surface area contributed by atoms with Crippen molar-refractivity contribution in [2.75, 3.05) is 25.4 Å². The van der Waals surface area contributed by atoms with Crippen LogP contribution in [0.2, 0.25) is 0 Å². The summed E-state index contributed by atoms with van der Waals surface area (Å²) in [7, 11) is 0. The maximum Gasteiger partial charge on any atom is 0.323 e. The number of nitrogens with one attached hydrogen (secondary N) is 1. The molecule has 3 unspecified atom stereocenters. The smallest absolute Gasteiger partial charge is 0.323 e. The number of carboxylic acid groups (broad SMARTS) is 1. The van der Waals surface area contributed by atoms with E-state index in [0.717, 1.165) is 11.1 Å². The van der Waals surface area contributed by atoms with E-state index in [2.05, 4.69) is 5.32 Å². The third-order valence-electron chi connectivity index (χ3n) is 5.27. The first-order valence-corrected chi connectivity index (χ1v) is 11.7. The fourth-order valence-electron chi connectivity index (χ4n) is 3.76. The van der Waals surface area contributed by atoms with E-state index in [-0.39, 0.29) is 23.8 Å². The van der Waals surface area contributed by atoms with Gasteiger partial charge in [0.25, 0.3) is 0 Å². The van der Waals surface area contributed by atoms with Gasteiger partial charge in [-0.1, -0.05) is 60.7 Å². The molecule has 1 aliphatic heterocycles. The number of nitrogens with zero attached hydrogens (tertiary/aromatic N) is 1. The summed E-state index contributed by atoms with van der Waals surface area (Å²) in [6.07, 6.45) is 0.471. The number of carboxylic acids is 1. The topological polar surface area (TPSA) is 95.9 Å². The lowest BCUT2D eigenvalue weighted by Crippen LogP contribution is -2.53. The SMILES string of the molecule is CCOC(=O)C(CCNC1CSC(c2ccccc2)N(CC(=O)O)C1=O)c1ccccc1. The molecule has 3 rings (SSSR count).